The zero-order chi connectivity index (χ0) is 12.4. The molecule has 1 saturated heterocycles. The summed E-state index contributed by atoms with van der Waals surface area (Å²) in [6.07, 6.45) is 4.64. The van der Waals surface area contributed by atoms with Crippen LogP contribution in [0.3, 0.4) is 0 Å². The molecule has 1 unspecified atom stereocenters. The molecule has 0 amide bonds. The third-order valence-corrected chi connectivity index (χ3v) is 2.89. The molecule has 5 heteroatoms. The highest BCUT2D eigenvalue weighted by Crippen LogP contribution is 2.37. The second-order valence-electron chi connectivity index (χ2n) is 3.84. The maximum absolute atomic E-state index is 13.8. The van der Waals surface area contributed by atoms with Gasteiger partial charge >= 0.3 is 0 Å². The Morgan fingerprint density at radius 3 is 3.06 bits per heavy atom. The molecule has 0 spiro atoms. The number of aliphatic imine (C=N–C) groups is 1. The Balaban J connectivity index is 2.51. The molecule has 92 valence electrons. The summed E-state index contributed by atoms with van der Waals surface area (Å²) in [7, 11) is 0. The Bertz CT molecular complexity index is 461. The fraction of sp³-hybridized carbons (Fsp3) is 0.417. The monoisotopic (exact) mass is 256 g/mol. The average molecular weight is 257 g/mol. The normalized spacial score (nSPS) is 20.3. The number of nitrogens with zero attached hydrogens (tertiary/aromatic N) is 2. The van der Waals surface area contributed by atoms with E-state index < -0.39 is 5.82 Å². The first-order valence-electron chi connectivity index (χ1n) is 5.50. The minimum Gasteiger partial charge on any atom is -0.358 e. The van der Waals surface area contributed by atoms with Crippen molar-refractivity contribution < 1.29 is 9.13 Å². The zero-order valence-electron chi connectivity index (χ0n) is 9.62. The molecule has 1 fully saturated rings. The van der Waals surface area contributed by atoms with Gasteiger partial charge in [-0.05, 0) is 19.8 Å². The van der Waals surface area contributed by atoms with Gasteiger partial charge in [-0.2, -0.15) is 0 Å². The van der Waals surface area contributed by atoms with E-state index in [0.717, 1.165) is 12.8 Å². The molecular formula is C12H14ClFN2O. The van der Waals surface area contributed by atoms with Crippen molar-refractivity contribution >= 4 is 28.7 Å². The van der Waals surface area contributed by atoms with E-state index in [0.29, 0.717) is 12.4 Å². The summed E-state index contributed by atoms with van der Waals surface area (Å²) in [4.78, 5) is 4.17. The third-order valence-electron chi connectivity index (χ3n) is 2.70. The summed E-state index contributed by atoms with van der Waals surface area (Å²) < 4.78 is 21.0. The predicted molar refractivity (Wildman–Crippen MR) is 67.3 cm³/mol. The van der Waals surface area contributed by atoms with E-state index in [1.54, 1.807) is 17.7 Å². The second kappa shape index (κ2) is 5.02. The molecule has 1 aliphatic heterocycles. The minimum absolute atomic E-state index is 0.153. The highest BCUT2D eigenvalue weighted by molar-refractivity contribution is 6.48. The van der Waals surface area contributed by atoms with E-state index in [2.05, 4.69) is 11.6 Å². The van der Waals surface area contributed by atoms with Crippen LogP contribution in [0, 0.1) is 5.82 Å². The molecule has 1 aliphatic rings. The SMILES string of the molecule is C=C(Cl)c1c(F)cn(C2CCCO2)c1/N=C\C. The molecule has 0 aliphatic carbocycles. The van der Waals surface area contributed by atoms with Crippen molar-refractivity contribution in [3.63, 3.8) is 0 Å². The molecule has 2 heterocycles. The fourth-order valence-electron chi connectivity index (χ4n) is 1.99. The van der Waals surface area contributed by atoms with Gasteiger partial charge in [-0.25, -0.2) is 9.38 Å². The minimum atomic E-state index is -0.416. The quantitative estimate of drug-likeness (QED) is 0.754. The van der Waals surface area contributed by atoms with Gasteiger partial charge < -0.3 is 9.30 Å². The Morgan fingerprint density at radius 2 is 2.53 bits per heavy atom. The number of hydrogen-bond acceptors (Lipinski definition) is 2. The summed E-state index contributed by atoms with van der Waals surface area (Å²) in [6, 6.07) is 0. The van der Waals surface area contributed by atoms with Crippen molar-refractivity contribution in [3.8, 4) is 0 Å². The van der Waals surface area contributed by atoms with E-state index in [1.165, 1.54) is 6.20 Å². The van der Waals surface area contributed by atoms with E-state index in [9.17, 15) is 4.39 Å². The summed E-state index contributed by atoms with van der Waals surface area (Å²) >= 11 is 5.81. The van der Waals surface area contributed by atoms with Crippen molar-refractivity contribution in [2.45, 2.75) is 26.0 Å². The smallest absolute Gasteiger partial charge is 0.151 e. The molecule has 0 radical (unpaired) electrons. The predicted octanol–water partition coefficient (Wildman–Crippen LogP) is 3.87. The molecule has 0 N–H and O–H groups in total. The van der Waals surface area contributed by atoms with E-state index >= 15 is 0 Å². The van der Waals surface area contributed by atoms with Crippen molar-refractivity contribution in [3.05, 3.63) is 24.2 Å². The second-order valence-corrected chi connectivity index (χ2v) is 4.30. The van der Waals surface area contributed by atoms with Crippen LogP contribution in [0.25, 0.3) is 5.03 Å². The molecule has 17 heavy (non-hydrogen) atoms. The van der Waals surface area contributed by atoms with E-state index in [1.807, 2.05) is 0 Å². The first-order chi connectivity index (χ1) is 8.15. The number of rotatable bonds is 3. The van der Waals surface area contributed by atoms with Gasteiger partial charge in [0.05, 0.1) is 5.56 Å². The molecule has 0 aromatic carbocycles. The molecule has 1 aromatic heterocycles. The lowest BCUT2D eigenvalue weighted by atomic mass is 10.3. The van der Waals surface area contributed by atoms with Gasteiger partial charge in [-0.1, -0.05) is 18.2 Å². The van der Waals surface area contributed by atoms with Crippen LogP contribution in [0.5, 0.6) is 0 Å². The highest BCUT2D eigenvalue weighted by atomic mass is 35.5. The molecule has 1 atom stereocenters. The van der Waals surface area contributed by atoms with E-state index in [-0.39, 0.29) is 16.8 Å². The Labute approximate surface area is 105 Å². The Kier molecular flexibility index (Phi) is 3.64. The lowest BCUT2D eigenvalue weighted by Gasteiger charge is -2.13. The summed E-state index contributed by atoms with van der Waals surface area (Å²) in [6.45, 7) is 6.03. The number of ether oxygens (including phenoxy) is 1. The maximum atomic E-state index is 13.8. The first kappa shape index (κ1) is 12.3. The standard InChI is InChI=1S/C12H14ClFN2O/c1-3-15-12-11(8(2)13)9(14)7-16(12)10-5-4-6-17-10/h3,7,10H,2,4-6H2,1H3/b15-3-. The van der Waals surface area contributed by atoms with Crippen LogP contribution in [-0.4, -0.2) is 17.4 Å². The van der Waals surface area contributed by atoms with Gasteiger partial charge in [0.2, 0.25) is 0 Å². The fourth-order valence-corrected chi connectivity index (χ4v) is 2.16. The first-order valence-corrected chi connectivity index (χ1v) is 5.88. The molecule has 3 nitrogen and oxygen atoms in total. The lowest BCUT2D eigenvalue weighted by Crippen LogP contribution is -2.05. The maximum Gasteiger partial charge on any atom is 0.151 e. The third kappa shape index (κ3) is 2.28. The van der Waals surface area contributed by atoms with Crippen molar-refractivity contribution in [2.24, 2.45) is 4.99 Å². The van der Waals surface area contributed by atoms with Crippen LogP contribution < -0.4 is 0 Å². The lowest BCUT2D eigenvalue weighted by molar-refractivity contribution is 0.0579. The molecular weight excluding hydrogens is 243 g/mol. The van der Waals surface area contributed by atoms with Gasteiger partial charge in [0.25, 0.3) is 0 Å². The van der Waals surface area contributed by atoms with Crippen LogP contribution in [0.4, 0.5) is 10.2 Å². The molecule has 2 rings (SSSR count). The summed E-state index contributed by atoms with van der Waals surface area (Å²) in [5.74, 6) is 0.0537. The van der Waals surface area contributed by atoms with E-state index in [4.69, 9.17) is 16.3 Å². The zero-order valence-corrected chi connectivity index (χ0v) is 10.4. The van der Waals surface area contributed by atoms with Crippen molar-refractivity contribution in [2.75, 3.05) is 6.61 Å². The summed E-state index contributed by atoms with van der Waals surface area (Å²) in [5.41, 5.74) is 0.250. The van der Waals surface area contributed by atoms with Crippen LogP contribution >= 0.6 is 11.6 Å². The van der Waals surface area contributed by atoms with Gasteiger partial charge in [-0.3, -0.25) is 0 Å². The molecule has 0 saturated carbocycles. The topological polar surface area (TPSA) is 26.5 Å². The van der Waals surface area contributed by atoms with Crippen molar-refractivity contribution in [1.82, 2.24) is 4.57 Å². The van der Waals surface area contributed by atoms with Crippen LogP contribution in [0.1, 0.15) is 31.6 Å². The van der Waals surface area contributed by atoms with Gasteiger partial charge in [0, 0.05) is 24.1 Å². The van der Waals surface area contributed by atoms with Crippen LogP contribution in [-0.2, 0) is 4.74 Å². The van der Waals surface area contributed by atoms with Gasteiger partial charge in [-0.15, -0.1) is 0 Å². The van der Waals surface area contributed by atoms with Gasteiger partial charge in [0.15, 0.2) is 5.82 Å². The number of halogens is 2. The van der Waals surface area contributed by atoms with Crippen molar-refractivity contribution in [1.29, 1.82) is 0 Å². The Hall–Kier alpha value is -1.13. The molecule has 1 aromatic rings. The number of aromatic nitrogens is 1. The molecule has 0 bridgehead atoms. The average Bonchev–Trinajstić information content (AvgIpc) is 2.86. The van der Waals surface area contributed by atoms with Crippen LogP contribution in [0.2, 0.25) is 0 Å². The largest absolute Gasteiger partial charge is 0.358 e. The highest BCUT2D eigenvalue weighted by Gasteiger charge is 2.24. The van der Waals surface area contributed by atoms with Crippen LogP contribution in [0.15, 0.2) is 17.8 Å². The summed E-state index contributed by atoms with van der Waals surface area (Å²) in [5, 5.41) is 0.153. The Morgan fingerprint density at radius 1 is 1.76 bits per heavy atom. The van der Waals surface area contributed by atoms with Gasteiger partial charge in [0.1, 0.15) is 12.0 Å². The number of hydrogen-bond donors (Lipinski definition) is 0.